The summed E-state index contributed by atoms with van der Waals surface area (Å²) in [6.07, 6.45) is 1.53. The molecule has 0 saturated carbocycles. The van der Waals surface area contributed by atoms with Gasteiger partial charge in [0.25, 0.3) is 11.8 Å². The van der Waals surface area contributed by atoms with E-state index >= 15 is 0 Å². The molecule has 3 rings (SSSR count). The first-order chi connectivity index (χ1) is 16.7. The summed E-state index contributed by atoms with van der Waals surface area (Å²) in [6, 6.07) is 16.8. The molecule has 4 N–H and O–H groups in total. The van der Waals surface area contributed by atoms with E-state index in [-0.39, 0.29) is 33.5 Å². The van der Waals surface area contributed by atoms with E-state index in [9.17, 15) is 19.8 Å². The van der Waals surface area contributed by atoms with Gasteiger partial charge < -0.3 is 20.8 Å². The van der Waals surface area contributed by atoms with Crippen LogP contribution in [0.25, 0.3) is 0 Å². The molecule has 0 heterocycles. The molecule has 0 saturated heterocycles. The van der Waals surface area contributed by atoms with Crippen molar-refractivity contribution >= 4 is 23.2 Å². The summed E-state index contributed by atoms with van der Waals surface area (Å²) in [5, 5.41) is 26.1. The molecule has 6 nitrogen and oxygen atoms in total. The van der Waals surface area contributed by atoms with E-state index in [4.69, 9.17) is 0 Å². The third kappa shape index (κ3) is 7.60. The van der Waals surface area contributed by atoms with Crippen molar-refractivity contribution in [2.24, 2.45) is 10.8 Å². The van der Waals surface area contributed by atoms with Gasteiger partial charge in [0.05, 0.1) is 11.1 Å². The first-order valence-corrected chi connectivity index (χ1v) is 12.1. The molecule has 0 bridgehead atoms. The molecular formula is C30H36N2O4. The molecule has 0 radical (unpaired) electrons. The number of nitrogens with one attached hydrogen (secondary N) is 2. The number of carbonyl (C=O) groups excluding carboxylic acids is 2. The summed E-state index contributed by atoms with van der Waals surface area (Å²) in [6.45, 7) is 12.7. The first kappa shape index (κ1) is 26.8. The molecule has 0 aliphatic carbocycles. The Morgan fingerprint density at radius 3 is 1.39 bits per heavy atom. The molecule has 2 amide bonds. The van der Waals surface area contributed by atoms with E-state index in [0.717, 1.165) is 24.0 Å². The van der Waals surface area contributed by atoms with E-state index < -0.39 is 11.8 Å². The summed E-state index contributed by atoms with van der Waals surface area (Å²) in [4.78, 5) is 25.8. The molecule has 0 aromatic heterocycles. The molecule has 36 heavy (non-hydrogen) atoms. The maximum absolute atomic E-state index is 12.9. The van der Waals surface area contributed by atoms with Crippen LogP contribution in [-0.2, 0) is 12.8 Å². The Morgan fingerprint density at radius 2 is 1.03 bits per heavy atom. The van der Waals surface area contributed by atoms with Crippen molar-refractivity contribution < 1.29 is 19.8 Å². The van der Waals surface area contributed by atoms with E-state index in [0.29, 0.717) is 11.4 Å². The highest BCUT2D eigenvalue weighted by molar-refractivity contribution is 6.08. The second-order valence-electron chi connectivity index (χ2n) is 11.7. The fourth-order valence-electron chi connectivity index (χ4n) is 4.05. The van der Waals surface area contributed by atoms with Crippen LogP contribution >= 0.6 is 0 Å². The van der Waals surface area contributed by atoms with Crippen LogP contribution < -0.4 is 10.6 Å². The van der Waals surface area contributed by atoms with Gasteiger partial charge in [-0.15, -0.1) is 0 Å². The van der Waals surface area contributed by atoms with Crippen LogP contribution in [0.15, 0.2) is 60.7 Å². The van der Waals surface area contributed by atoms with Gasteiger partial charge in [-0.05, 0) is 77.3 Å². The van der Waals surface area contributed by atoms with E-state index in [1.165, 1.54) is 12.1 Å². The fraction of sp³-hybridized carbons (Fsp3) is 0.333. The number of carbonyl (C=O) groups is 2. The van der Waals surface area contributed by atoms with Crippen molar-refractivity contribution in [3.8, 4) is 11.5 Å². The van der Waals surface area contributed by atoms with Crippen LogP contribution in [0.5, 0.6) is 11.5 Å². The number of amides is 2. The Labute approximate surface area is 213 Å². The maximum atomic E-state index is 12.9. The van der Waals surface area contributed by atoms with Crippen molar-refractivity contribution in [1.82, 2.24) is 0 Å². The molecule has 6 heteroatoms. The van der Waals surface area contributed by atoms with Crippen molar-refractivity contribution in [2.45, 2.75) is 54.4 Å². The Morgan fingerprint density at radius 1 is 0.639 bits per heavy atom. The average molecular weight is 489 g/mol. The molecule has 0 unspecified atom stereocenters. The Bertz CT molecular complexity index is 1170. The number of hydrogen-bond donors (Lipinski definition) is 4. The summed E-state index contributed by atoms with van der Waals surface area (Å²) < 4.78 is 0. The lowest BCUT2D eigenvalue weighted by atomic mass is 9.87. The number of rotatable bonds is 6. The SMILES string of the molecule is CC(C)(C)Cc1ccc(O)c(C(=O)Nc2cccc(NC(=O)c3cc(CC(C)(C)C)ccc3O)c2)c1. The fourth-order valence-corrected chi connectivity index (χ4v) is 4.05. The van der Waals surface area contributed by atoms with Crippen LogP contribution in [0, 0.1) is 10.8 Å². The first-order valence-electron chi connectivity index (χ1n) is 12.1. The molecular weight excluding hydrogens is 452 g/mol. The number of anilines is 2. The number of phenols is 2. The summed E-state index contributed by atoms with van der Waals surface area (Å²) in [5.74, 6) is -1.08. The van der Waals surface area contributed by atoms with Crippen LogP contribution in [0.3, 0.4) is 0 Å². The monoisotopic (exact) mass is 488 g/mol. The Balaban J connectivity index is 1.76. The largest absolute Gasteiger partial charge is 0.507 e. The highest BCUT2D eigenvalue weighted by Crippen LogP contribution is 2.28. The van der Waals surface area contributed by atoms with Crippen molar-refractivity contribution in [3.63, 3.8) is 0 Å². The summed E-state index contributed by atoms with van der Waals surface area (Å²) in [5.41, 5.74) is 3.29. The molecule has 190 valence electrons. The van der Waals surface area contributed by atoms with Crippen LogP contribution in [0.1, 0.15) is 73.4 Å². The molecule has 0 aliphatic rings. The van der Waals surface area contributed by atoms with Crippen LogP contribution in [0.4, 0.5) is 11.4 Å². The molecule has 0 fully saturated rings. The van der Waals surface area contributed by atoms with E-state index in [2.05, 4.69) is 52.2 Å². The number of phenolic OH excluding ortho intramolecular Hbond substituents is 2. The maximum Gasteiger partial charge on any atom is 0.259 e. The molecule has 0 atom stereocenters. The smallest absolute Gasteiger partial charge is 0.259 e. The van der Waals surface area contributed by atoms with Gasteiger partial charge in [0.15, 0.2) is 0 Å². The van der Waals surface area contributed by atoms with Crippen molar-refractivity contribution in [3.05, 3.63) is 82.9 Å². The topological polar surface area (TPSA) is 98.7 Å². The number of hydrogen-bond acceptors (Lipinski definition) is 4. The zero-order valence-corrected chi connectivity index (χ0v) is 21.9. The highest BCUT2D eigenvalue weighted by Gasteiger charge is 2.18. The summed E-state index contributed by atoms with van der Waals surface area (Å²) in [7, 11) is 0. The van der Waals surface area contributed by atoms with Crippen molar-refractivity contribution in [1.29, 1.82) is 0 Å². The normalized spacial score (nSPS) is 11.7. The molecule has 3 aromatic carbocycles. The highest BCUT2D eigenvalue weighted by atomic mass is 16.3. The lowest BCUT2D eigenvalue weighted by molar-refractivity contribution is 0.101. The zero-order chi connectivity index (χ0) is 26.7. The van der Waals surface area contributed by atoms with Gasteiger partial charge in [-0.3, -0.25) is 9.59 Å². The second-order valence-corrected chi connectivity index (χ2v) is 11.7. The van der Waals surface area contributed by atoms with Gasteiger partial charge >= 0.3 is 0 Å². The van der Waals surface area contributed by atoms with Gasteiger partial charge in [-0.25, -0.2) is 0 Å². The van der Waals surface area contributed by atoms with Gasteiger partial charge in [0, 0.05) is 11.4 Å². The van der Waals surface area contributed by atoms with E-state index in [1.807, 2.05) is 12.1 Å². The van der Waals surface area contributed by atoms with Crippen LogP contribution in [0.2, 0.25) is 0 Å². The van der Waals surface area contributed by atoms with Crippen molar-refractivity contribution in [2.75, 3.05) is 10.6 Å². The predicted octanol–water partition coefficient (Wildman–Crippen LogP) is 6.78. The molecule has 0 aliphatic heterocycles. The Hall–Kier alpha value is -3.80. The molecule has 0 spiro atoms. The minimum absolute atomic E-state index is 0.0396. The lowest BCUT2D eigenvalue weighted by Crippen LogP contribution is -2.16. The van der Waals surface area contributed by atoms with E-state index in [1.54, 1.807) is 36.4 Å². The third-order valence-corrected chi connectivity index (χ3v) is 5.46. The number of benzene rings is 3. The van der Waals surface area contributed by atoms with Gasteiger partial charge in [0.1, 0.15) is 11.5 Å². The minimum atomic E-state index is -0.445. The van der Waals surface area contributed by atoms with Gasteiger partial charge in [-0.1, -0.05) is 59.7 Å². The van der Waals surface area contributed by atoms with Gasteiger partial charge in [-0.2, -0.15) is 0 Å². The zero-order valence-electron chi connectivity index (χ0n) is 21.9. The minimum Gasteiger partial charge on any atom is -0.507 e. The standard InChI is InChI=1S/C30H36N2O4/c1-29(2,3)17-19-10-12-25(33)23(14-19)27(35)31-21-8-7-9-22(16-21)32-28(36)24-15-20(11-13-26(24)34)18-30(4,5)6/h7-16,33-34H,17-18H2,1-6H3,(H,31,35)(H,32,36). The Kier molecular flexibility index (Phi) is 7.77. The van der Waals surface area contributed by atoms with Crippen LogP contribution in [-0.4, -0.2) is 22.0 Å². The average Bonchev–Trinajstić information content (AvgIpc) is 2.74. The second kappa shape index (κ2) is 10.4. The lowest BCUT2D eigenvalue weighted by Gasteiger charge is -2.19. The van der Waals surface area contributed by atoms with Gasteiger partial charge in [0.2, 0.25) is 0 Å². The predicted molar refractivity (Wildman–Crippen MR) is 145 cm³/mol. The number of aromatic hydroxyl groups is 2. The molecule has 3 aromatic rings. The third-order valence-electron chi connectivity index (χ3n) is 5.46. The quantitative estimate of drug-likeness (QED) is 0.307. The summed E-state index contributed by atoms with van der Waals surface area (Å²) >= 11 is 0.